The van der Waals surface area contributed by atoms with Crippen molar-refractivity contribution in [2.24, 2.45) is 0 Å². The number of ether oxygens (including phenoxy) is 2. The highest BCUT2D eigenvalue weighted by atomic mass is 16.5. The van der Waals surface area contributed by atoms with Crippen molar-refractivity contribution in [2.45, 2.75) is 52.9 Å². The number of aryl methyl sites for hydroxylation is 3. The van der Waals surface area contributed by atoms with Crippen LogP contribution < -0.4 is 9.47 Å². The van der Waals surface area contributed by atoms with Gasteiger partial charge in [-0.3, -0.25) is 9.59 Å². The van der Waals surface area contributed by atoms with Gasteiger partial charge in [0.2, 0.25) is 0 Å². The van der Waals surface area contributed by atoms with E-state index in [-0.39, 0.29) is 11.6 Å². The van der Waals surface area contributed by atoms with E-state index in [2.05, 4.69) is 12.1 Å². The van der Waals surface area contributed by atoms with Gasteiger partial charge in [0.1, 0.15) is 17.1 Å². The molecule has 2 aromatic carbocycles. The number of hydrogen-bond acceptors (Lipinski definition) is 4. The molecule has 0 radical (unpaired) electrons. The van der Waals surface area contributed by atoms with Gasteiger partial charge >= 0.3 is 0 Å². The van der Waals surface area contributed by atoms with Crippen molar-refractivity contribution in [1.82, 2.24) is 0 Å². The maximum absolute atomic E-state index is 12.6. The van der Waals surface area contributed by atoms with Gasteiger partial charge in [-0.05, 0) is 56.9 Å². The lowest BCUT2D eigenvalue weighted by Crippen LogP contribution is -2.06. The molecule has 0 atom stereocenters. The first-order valence-corrected chi connectivity index (χ1v) is 9.74. The van der Waals surface area contributed by atoms with Crippen LogP contribution in [0.4, 0.5) is 0 Å². The molecule has 0 aliphatic heterocycles. The number of methoxy groups -OCH3 is 2. The summed E-state index contributed by atoms with van der Waals surface area (Å²) in [5.74, 6) is 1.26. The number of hydrogen-bond donors (Lipinski definition) is 0. The molecule has 4 heteroatoms. The van der Waals surface area contributed by atoms with Crippen molar-refractivity contribution in [3.8, 4) is 11.5 Å². The van der Waals surface area contributed by atoms with Gasteiger partial charge in [0.25, 0.3) is 0 Å². The highest BCUT2D eigenvalue weighted by Crippen LogP contribution is 2.30. The first-order valence-electron chi connectivity index (χ1n) is 9.74. The topological polar surface area (TPSA) is 52.6 Å². The van der Waals surface area contributed by atoms with E-state index in [1.165, 1.54) is 5.56 Å². The Bertz CT molecular complexity index is 806. The van der Waals surface area contributed by atoms with Crippen LogP contribution in [0.3, 0.4) is 0 Å². The zero-order chi connectivity index (χ0) is 20.7. The van der Waals surface area contributed by atoms with E-state index in [1.807, 2.05) is 20.8 Å². The van der Waals surface area contributed by atoms with Crippen molar-refractivity contribution >= 4 is 11.6 Å². The predicted octanol–water partition coefficient (Wildman–Crippen LogP) is 5.65. The molecule has 0 fully saturated rings. The maximum atomic E-state index is 12.6. The molecule has 0 spiro atoms. The minimum Gasteiger partial charge on any atom is -0.496 e. The summed E-state index contributed by atoms with van der Waals surface area (Å²) in [6.07, 6.45) is 3.27. The molecule has 0 aliphatic carbocycles. The molecule has 2 rings (SSSR count). The van der Waals surface area contributed by atoms with Crippen LogP contribution in [-0.4, -0.2) is 25.8 Å². The molecule has 0 saturated carbocycles. The van der Waals surface area contributed by atoms with Crippen molar-refractivity contribution < 1.29 is 19.1 Å². The summed E-state index contributed by atoms with van der Waals surface area (Å²) < 4.78 is 10.6. The van der Waals surface area contributed by atoms with E-state index in [0.29, 0.717) is 29.9 Å². The average Bonchev–Trinajstić information content (AvgIpc) is 2.65. The quantitative estimate of drug-likeness (QED) is 0.394. The number of unbranched alkanes of at least 4 members (excludes halogenated alkanes) is 2. The maximum Gasteiger partial charge on any atom is 0.170 e. The Balaban J connectivity index is 1.87. The van der Waals surface area contributed by atoms with Crippen molar-refractivity contribution in [1.29, 1.82) is 0 Å². The van der Waals surface area contributed by atoms with Gasteiger partial charge in [0.05, 0.1) is 14.2 Å². The number of ketones is 2. The standard InChI is InChI=1S/C24H30O4/c1-16-14-17(2)23(18(3)15-16)19(25)10-7-6-8-11-20(26)24-21(27-4)12-9-13-22(24)28-5/h9,12-15H,6-8,10-11H2,1-5H3. The van der Waals surface area contributed by atoms with Gasteiger partial charge in [-0.15, -0.1) is 0 Å². The summed E-state index contributed by atoms with van der Waals surface area (Å²) in [4.78, 5) is 25.2. The summed E-state index contributed by atoms with van der Waals surface area (Å²) in [6.45, 7) is 6.03. The summed E-state index contributed by atoms with van der Waals surface area (Å²) in [7, 11) is 3.10. The van der Waals surface area contributed by atoms with E-state index in [9.17, 15) is 9.59 Å². The summed E-state index contributed by atoms with van der Waals surface area (Å²) in [5, 5.41) is 0. The highest BCUT2D eigenvalue weighted by Gasteiger charge is 2.18. The van der Waals surface area contributed by atoms with Gasteiger partial charge in [0, 0.05) is 18.4 Å². The number of benzene rings is 2. The van der Waals surface area contributed by atoms with Gasteiger partial charge in [-0.2, -0.15) is 0 Å². The van der Waals surface area contributed by atoms with Crippen LogP contribution in [0.5, 0.6) is 11.5 Å². The van der Waals surface area contributed by atoms with E-state index < -0.39 is 0 Å². The Kier molecular flexibility index (Phi) is 7.80. The SMILES string of the molecule is COc1cccc(OC)c1C(=O)CCCCCC(=O)c1c(C)cc(C)cc1C. The Morgan fingerprint density at radius 3 is 1.68 bits per heavy atom. The van der Waals surface area contributed by atoms with E-state index in [1.54, 1.807) is 32.4 Å². The molecule has 0 aromatic heterocycles. The lowest BCUT2D eigenvalue weighted by molar-refractivity contribution is 0.0973. The van der Waals surface area contributed by atoms with Crippen LogP contribution in [0.1, 0.15) is 69.5 Å². The molecule has 28 heavy (non-hydrogen) atoms. The Hall–Kier alpha value is -2.62. The third-order valence-electron chi connectivity index (χ3n) is 4.97. The van der Waals surface area contributed by atoms with Gasteiger partial charge in [0.15, 0.2) is 11.6 Å². The smallest absolute Gasteiger partial charge is 0.170 e. The molecule has 0 heterocycles. The van der Waals surface area contributed by atoms with Crippen molar-refractivity contribution in [2.75, 3.05) is 14.2 Å². The van der Waals surface area contributed by atoms with Crippen LogP contribution in [0.2, 0.25) is 0 Å². The molecule has 4 nitrogen and oxygen atoms in total. The first kappa shape index (κ1) is 21.7. The monoisotopic (exact) mass is 382 g/mol. The second kappa shape index (κ2) is 10.1. The van der Waals surface area contributed by atoms with Gasteiger partial charge in [-0.25, -0.2) is 0 Å². The third-order valence-corrected chi connectivity index (χ3v) is 4.97. The number of carbonyl (C=O) groups excluding carboxylic acids is 2. The van der Waals surface area contributed by atoms with Gasteiger partial charge < -0.3 is 9.47 Å². The molecule has 0 N–H and O–H groups in total. The van der Waals surface area contributed by atoms with E-state index in [0.717, 1.165) is 36.0 Å². The van der Waals surface area contributed by atoms with Crippen LogP contribution >= 0.6 is 0 Å². The van der Waals surface area contributed by atoms with E-state index >= 15 is 0 Å². The number of rotatable bonds is 10. The largest absolute Gasteiger partial charge is 0.496 e. The summed E-state index contributed by atoms with van der Waals surface area (Å²) in [5.41, 5.74) is 4.61. The molecule has 0 bridgehead atoms. The lowest BCUT2D eigenvalue weighted by atomic mass is 9.94. The third kappa shape index (κ3) is 5.22. The summed E-state index contributed by atoms with van der Waals surface area (Å²) >= 11 is 0. The molecular formula is C24H30O4. The van der Waals surface area contributed by atoms with Crippen molar-refractivity contribution in [3.63, 3.8) is 0 Å². The number of carbonyl (C=O) groups is 2. The zero-order valence-corrected chi connectivity index (χ0v) is 17.6. The minimum atomic E-state index is 0.00542. The first-order chi connectivity index (χ1) is 13.4. The lowest BCUT2D eigenvalue weighted by Gasteiger charge is -2.12. The second-order valence-corrected chi connectivity index (χ2v) is 7.22. The summed E-state index contributed by atoms with van der Waals surface area (Å²) in [6, 6.07) is 9.44. The molecule has 0 unspecified atom stereocenters. The van der Waals surface area contributed by atoms with Crippen LogP contribution in [-0.2, 0) is 0 Å². The molecule has 0 amide bonds. The van der Waals surface area contributed by atoms with Crippen molar-refractivity contribution in [3.05, 3.63) is 58.1 Å². The highest BCUT2D eigenvalue weighted by molar-refractivity contribution is 6.01. The molecule has 0 aliphatic rings. The molecule has 150 valence electrons. The fraction of sp³-hybridized carbons (Fsp3) is 0.417. The van der Waals surface area contributed by atoms with Crippen LogP contribution in [0.25, 0.3) is 0 Å². The fourth-order valence-corrected chi connectivity index (χ4v) is 3.74. The second-order valence-electron chi connectivity index (χ2n) is 7.22. The predicted molar refractivity (Wildman–Crippen MR) is 112 cm³/mol. The minimum absolute atomic E-state index is 0.00542. The van der Waals surface area contributed by atoms with Crippen LogP contribution in [0.15, 0.2) is 30.3 Å². The molecule has 2 aromatic rings. The Labute approximate surface area is 167 Å². The Morgan fingerprint density at radius 2 is 1.21 bits per heavy atom. The van der Waals surface area contributed by atoms with Gasteiger partial charge in [-0.1, -0.05) is 30.2 Å². The Morgan fingerprint density at radius 1 is 0.750 bits per heavy atom. The van der Waals surface area contributed by atoms with E-state index in [4.69, 9.17) is 9.47 Å². The average molecular weight is 383 g/mol. The molecule has 0 saturated heterocycles. The zero-order valence-electron chi connectivity index (χ0n) is 17.6. The normalized spacial score (nSPS) is 10.6. The molecular weight excluding hydrogens is 352 g/mol. The fourth-order valence-electron chi connectivity index (χ4n) is 3.74. The van der Waals surface area contributed by atoms with Crippen LogP contribution in [0, 0.1) is 20.8 Å². The number of Topliss-reactive ketones (excluding diaryl/α,β-unsaturated/α-hetero) is 2.